The summed E-state index contributed by atoms with van der Waals surface area (Å²) < 4.78 is 18.4. The molecule has 1 amide bonds. The van der Waals surface area contributed by atoms with Gasteiger partial charge in [0.05, 0.1) is 12.1 Å². The van der Waals surface area contributed by atoms with E-state index in [4.69, 9.17) is 4.42 Å². The molecule has 0 radical (unpaired) electrons. The fourth-order valence-corrected chi connectivity index (χ4v) is 3.86. The molecule has 1 aromatic carbocycles. The number of benzene rings is 1. The average Bonchev–Trinajstić information content (AvgIpc) is 3.23. The zero-order valence-corrected chi connectivity index (χ0v) is 14.0. The SMILES string of the molecule is CC1(C)CN(C(=O)Cc2coc(-c3ccc(F)cc3)n2)C1C1CC1. The number of oxazole rings is 1. The Morgan fingerprint density at radius 2 is 2.04 bits per heavy atom. The molecule has 126 valence electrons. The van der Waals surface area contributed by atoms with Gasteiger partial charge in [-0.05, 0) is 43.0 Å². The van der Waals surface area contributed by atoms with E-state index in [9.17, 15) is 9.18 Å². The van der Waals surface area contributed by atoms with E-state index in [-0.39, 0.29) is 23.6 Å². The predicted molar refractivity (Wildman–Crippen MR) is 87.6 cm³/mol. The fraction of sp³-hybridized carbons (Fsp3) is 0.474. The van der Waals surface area contributed by atoms with Crippen LogP contribution in [0.15, 0.2) is 34.9 Å². The third kappa shape index (κ3) is 2.72. The van der Waals surface area contributed by atoms with Crippen molar-refractivity contribution in [3.05, 3.63) is 42.0 Å². The van der Waals surface area contributed by atoms with E-state index in [1.165, 1.54) is 31.2 Å². The number of amides is 1. The third-order valence-corrected chi connectivity index (χ3v) is 5.08. The summed E-state index contributed by atoms with van der Waals surface area (Å²) in [6.07, 6.45) is 4.24. The van der Waals surface area contributed by atoms with Crippen LogP contribution in [0.3, 0.4) is 0 Å². The maximum absolute atomic E-state index is 13.0. The second kappa shape index (κ2) is 5.43. The Labute approximate surface area is 140 Å². The van der Waals surface area contributed by atoms with E-state index in [0.717, 1.165) is 6.54 Å². The molecule has 0 bridgehead atoms. The van der Waals surface area contributed by atoms with Crippen LogP contribution in [-0.4, -0.2) is 28.4 Å². The molecule has 4 nitrogen and oxygen atoms in total. The number of carbonyl (C=O) groups excluding carboxylic acids is 1. The van der Waals surface area contributed by atoms with Gasteiger partial charge in [0.2, 0.25) is 11.8 Å². The first-order valence-electron chi connectivity index (χ1n) is 8.44. The van der Waals surface area contributed by atoms with Crippen molar-refractivity contribution in [1.82, 2.24) is 9.88 Å². The van der Waals surface area contributed by atoms with Crippen LogP contribution in [0.4, 0.5) is 4.39 Å². The van der Waals surface area contributed by atoms with Gasteiger partial charge in [-0.2, -0.15) is 0 Å². The molecule has 1 aliphatic heterocycles. The van der Waals surface area contributed by atoms with Crippen molar-refractivity contribution < 1.29 is 13.6 Å². The number of halogens is 1. The molecule has 2 aliphatic rings. The van der Waals surface area contributed by atoms with Gasteiger partial charge in [0.1, 0.15) is 12.1 Å². The number of hydrogen-bond donors (Lipinski definition) is 0. The van der Waals surface area contributed by atoms with Crippen molar-refractivity contribution in [2.24, 2.45) is 11.3 Å². The molecule has 1 aromatic heterocycles. The molecule has 0 spiro atoms. The van der Waals surface area contributed by atoms with Crippen LogP contribution in [0.2, 0.25) is 0 Å². The number of rotatable bonds is 4. The van der Waals surface area contributed by atoms with Crippen molar-refractivity contribution in [1.29, 1.82) is 0 Å². The molecular weight excluding hydrogens is 307 g/mol. The molecule has 2 aromatic rings. The minimum absolute atomic E-state index is 0.116. The monoisotopic (exact) mass is 328 g/mol. The summed E-state index contributed by atoms with van der Waals surface area (Å²) in [4.78, 5) is 19.0. The van der Waals surface area contributed by atoms with E-state index in [2.05, 4.69) is 18.8 Å². The molecular formula is C19H21FN2O2. The van der Waals surface area contributed by atoms with Crippen LogP contribution >= 0.6 is 0 Å². The summed E-state index contributed by atoms with van der Waals surface area (Å²) in [6, 6.07) is 6.34. The molecule has 1 saturated heterocycles. The van der Waals surface area contributed by atoms with Gasteiger partial charge in [0.15, 0.2) is 0 Å². The normalized spacial score (nSPS) is 22.3. The lowest BCUT2D eigenvalue weighted by Gasteiger charge is -2.55. The minimum Gasteiger partial charge on any atom is -0.444 e. The number of carbonyl (C=O) groups is 1. The summed E-state index contributed by atoms with van der Waals surface area (Å²) in [5.41, 5.74) is 1.55. The summed E-state index contributed by atoms with van der Waals surface area (Å²) in [5.74, 6) is 0.905. The summed E-state index contributed by atoms with van der Waals surface area (Å²) in [7, 11) is 0. The van der Waals surface area contributed by atoms with Gasteiger partial charge in [-0.25, -0.2) is 9.37 Å². The Morgan fingerprint density at radius 1 is 1.33 bits per heavy atom. The first kappa shape index (κ1) is 15.4. The predicted octanol–water partition coefficient (Wildman–Crippen LogP) is 3.67. The number of nitrogens with zero attached hydrogens (tertiary/aromatic N) is 2. The highest BCUT2D eigenvalue weighted by Crippen LogP contribution is 2.50. The fourth-order valence-electron chi connectivity index (χ4n) is 3.86. The molecule has 1 unspecified atom stereocenters. The Balaban J connectivity index is 1.44. The van der Waals surface area contributed by atoms with Gasteiger partial charge in [-0.15, -0.1) is 0 Å². The molecule has 1 aliphatic carbocycles. The third-order valence-electron chi connectivity index (χ3n) is 5.08. The minimum atomic E-state index is -0.299. The van der Waals surface area contributed by atoms with Crippen LogP contribution < -0.4 is 0 Å². The zero-order valence-electron chi connectivity index (χ0n) is 14.0. The van der Waals surface area contributed by atoms with E-state index >= 15 is 0 Å². The van der Waals surface area contributed by atoms with Gasteiger partial charge in [0.25, 0.3) is 0 Å². The molecule has 1 saturated carbocycles. The molecule has 5 heteroatoms. The zero-order chi connectivity index (χ0) is 16.9. The Kier molecular flexibility index (Phi) is 3.48. The van der Waals surface area contributed by atoms with Gasteiger partial charge < -0.3 is 9.32 Å². The number of aromatic nitrogens is 1. The first-order chi connectivity index (χ1) is 11.4. The second-order valence-electron chi connectivity index (χ2n) is 7.62. The van der Waals surface area contributed by atoms with Gasteiger partial charge in [-0.3, -0.25) is 4.79 Å². The van der Waals surface area contributed by atoms with E-state index in [1.807, 2.05) is 4.90 Å². The van der Waals surface area contributed by atoms with Crippen LogP contribution in [0, 0.1) is 17.2 Å². The van der Waals surface area contributed by atoms with E-state index in [0.29, 0.717) is 29.1 Å². The van der Waals surface area contributed by atoms with Crippen molar-refractivity contribution >= 4 is 5.91 Å². The second-order valence-corrected chi connectivity index (χ2v) is 7.62. The van der Waals surface area contributed by atoms with Gasteiger partial charge >= 0.3 is 0 Å². The molecule has 24 heavy (non-hydrogen) atoms. The van der Waals surface area contributed by atoms with Crippen molar-refractivity contribution in [3.8, 4) is 11.5 Å². The smallest absolute Gasteiger partial charge is 0.229 e. The Hall–Kier alpha value is -2.17. The molecule has 2 heterocycles. The van der Waals surface area contributed by atoms with Gasteiger partial charge in [0, 0.05) is 23.6 Å². The standard InChI is InChI=1S/C19H21FN2O2/c1-19(2)11-22(17(19)12-3-4-12)16(23)9-15-10-24-18(21-15)13-5-7-14(20)8-6-13/h5-8,10,12,17H,3-4,9,11H2,1-2H3. The number of hydrogen-bond acceptors (Lipinski definition) is 3. The maximum atomic E-state index is 13.0. The van der Waals surface area contributed by atoms with Gasteiger partial charge in [-0.1, -0.05) is 13.8 Å². The molecule has 2 fully saturated rings. The first-order valence-corrected chi connectivity index (χ1v) is 8.44. The Morgan fingerprint density at radius 3 is 2.67 bits per heavy atom. The van der Waals surface area contributed by atoms with Crippen molar-refractivity contribution in [2.45, 2.75) is 39.2 Å². The molecule has 4 rings (SSSR count). The van der Waals surface area contributed by atoms with E-state index in [1.54, 1.807) is 12.1 Å². The lowest BCUT2D eigenvalue weighted by Crippen LogP contribution is -2.65. The van der Waals surface area contributed by atoms with Crippen molar-refractivity contribution in [2.75, 3.05) is 6.54 Å². The Bertz CT molecular complexity index is 762. The maximum Gasteiger partial charge on any atom is 0.229 e. The summed E-state index contributed by atoms with van der Waals surface area (Å²) in [5, 5.41) is 0. The lowest BCUT2D eigenvalue weighted by molar-refractivity contribution is -0.152. The van der Waals surface area contributed by atoms with Crippen LogP contribution in [-0.2, 0) is 11.2 Å². The average molecular weight is 328 g/mol. The van der Waals surface area contributed by atoms with Crippen molar-refractivity contribution in [3.63, 3.8) is 0 Å². The largest absolute Gasteiger partial charge is 0.444 e. The van der Waals surface area contributed by atoms with Crippen LogP contribution in [0.5, 0.6) is 0 Å². The molecule has 0 N–H and O–H groups in total. The van der Waals surface area contributed by atoms with Crippen LogP contribution in [0.25, 0.3) is 11.5 Å². The molecule has 1 atom stereocenters. The highest BCUT2D eigenvalue weighted by Gasteiger charge is 2.54. The van der Waals surface area contributed by atoms with E-state index < -0.39 is 0 Å². The number of likely N-dealkylation sites (tertiary alicyclic amines) is 1. The highest BCUT2D eigenvalue weighted by molar-refractivity contribution is 5.80. The highest BCUT2D eigenvalue weighted by atomic mass is 19.1. The lowest BCUT2D eigenvalue weighted by atomic mass is 9.72. The summed E-state index contributed by atoms with van der Waals surface area (Å²) in [6.45, 7) is 5.29. The quantitative estimate of drug-likeness (QED) is 0.860. The van der Waals surface area contributed by atoms with Crippen LogP contribution in [0.1, 0.15) is 32.4 Å². The summed E-state index contributed by atoms with van der Waals surface area (Å²) >= 11 is 0. The topological polar surface area (TPSA) is 46.3 Å².